The van der Waals surface area contributed by atoms with Gasteiger partial charge in [-0.1, -0.05) is 51.4 Å². The van der Waals surface area contributed by atoms with E-state index in [1.54, 1.807) is 35.2 Å². The molecule has 0 amide bonds. The van der Waals surface area contributed by atoms with Crippen molar-refractivity contribution in [1.29, 1.82) is 0 Å². The van der Waals surface area contributed by atoms with E-state index in [1.807, 2.05) is 30.8 Å². The number of ether oxygens (including phenoxy) is 1. The van der Waals surface area contributed by atoms with E-state index in [1.165, 1.54) is 6.20 Å². The van der Waals surface area contributed by atoms with E-state index in [0.29, 0.717) is 33.7 Å². The molecule has 10 nitrogen and oxygen atoms in total. The van der Waals surface area contributed by atoms with Gasteiger partial charge in [-0.3, -0.25) is 14.4 Å². The number of carboxylic acids is 1. The average molecular weight is 630 g/mol. The van der Waals surface area contributed by atoms with Crippen LogP contribution in [0.4, 0.5) is 5.69 Å². The first-order valence-electron chi connectivity index (χ1n) is 14.2. The molecule has 1 N–H and O–H groups in total. The Bertz CT molecular complexity index is 1650. The maximum absolute atomic E-state index is 13.2. The van der Waals surface area contributed by atoms with E-state index in [4.69, 9.17) is 27.9 Å². The molecule has 0 saturated carbocycles. The van der Waals surface area contributed by atoms with Gasteiger partial charge in [0.2, 0.25) is 11.3 Å². The van der Waals surface area contributed by atoms with Crippen molar-refractivity contribution in [1.82, 2.24) is 24.2 Å². The molecule has 230 valence electrons. The van der Waals surface area contributed by atoms with E-state index in [0.717, 1.165) is 44.7 Å². The van der Waals surface area contributed by atoms with Gasteiger partial charge in [-0.2, -0.15) is 5.10 Å². The van der Waals surface area contributed by atoms with E-state index < -0.39 is 11.4 Å². The summed E-state index contributed by atoms with van der Waals surface area (Å²) < 4.78 is 9.57. The van der Waals surface area contributed by atoms with Crippen LogP contribution in [0.5, 0.6) is 5.88 Å². The molecule has 6 rings (SSSR count). The van der Waals surface area contributed by atoms with E-state index in [9.17, 15) is 14.7 Å². The smallest absolute Gasteiger partial charge is 0.341 e. The lowest BCUT2D eigenvalue weighted by Gasteiger charge is -2.38. The number of likely N-dealkylation sites (N-methyl/N-ethyl adjacent to an activating group) is 1. The van der Waals surface area contributed by atoms with Crippen LogP contribution in [0.1, 0.15) is 57.4 Å². The highest BCUT2D eigenvalue weighted by molar-refractivity contribution is 6.34. The van der Waals surface area contributed by atoms with E-state index in [-0.39, 0.29) is 30.5 Å². The number of likely N-dealkylation sites (tertiary alicyclic amines) is 1. The molecule has 0 bridgehead atoms. The normalized spacial score (nSPS) is 16.8. The fourth-order valence-corrected chi connectivity index (χ4v) is 5.97. The number of carbonyl (C=O) groups is 1. The van der Waals surface area contributed by atoms with E-state index >= 15 is 0 Å². The number of aromatic carboxylic acids is 1. The second-order valence-electron chi connectivity index (χ2n) is 10.1. The van der Waals surface area contributed by atoms with Gasteiger partial charge in [0.05, 0.1) is 40.2 Å². The maximum Gasteiger partial charge on any atom is 0.341 e. The van der Waals surface area contributed by atoms with Crippen LogP contribution in [0.25, 0.3) is 16.6 Å². The predicted octanol–water partition coefficient (Wildman–Crippen LogP) is 6.17. The fraction of sp³-hybridized carbons (Fsp3) is 0.419. The molecule has 0 radical (unpaired) electrons. The molecule has 3 aromatic heterocycles. The second kappa shape index (κ2) is 13.8. The van der Waals surface area contributed by atoms with Crippen molar-refractivity contribution in [3.63, 3.8) is 0 Å². The Balaban J connectivity index is 0.00000138. The molecule has 2 aliphatic heterocycles. The summed E-state index contributed by atoms with van der Waals surface area (Å²) in [6, 6.07) is 7.16. The minimum Gasteiger partial charge on any atom is -0.477 e. The minimum absolute atomic E-state index is 0. The molecule has 0 spiro atoms. The monoisotopic (exact) mass is 628 g/mol. The number of pyridine rings is 2. The van der Waals surface area contributed by atoms with Crippen molar-refractivity contribution in [2.75, 3.05) is 37.7 Å². The zero-order chi connectivity index (χ0) is 30.0. The number of fused-ring (bicyclic) bond motifs is 1. The molecule has 12 heteroatoms. The summed E-state index contributed by atoms with van der Waals surface area (Å²) in [5.41, 5.74) is 1.06. The zero-order valence-corrected chi connectivity index (χ0v) is 25.3. The summed E-state index contributed by atoms with van der Waals surface area (Å²) in [6.45, 7) is 10.0. The molecule has 5 heterocycles. The molecule has 0 aliphatic carbocycles. The quantitative estimate of drug-likeness (QED) is 0.247. The largest absolute Gasteiger partial charge is 0.477 e. The summed E-state index contributed by atoms with van der Waals surface area (Å²) in [5, 5.41) is 15.4. The number of hydrogen-bond donors (Lipinski definition) is 1. The highest BCUT2D eigenvalue weighted by Crippen LogP contribution is 2.36. The summed E-state index contributed by atoms with van der Waals surface area (Å²) >= 11 is 13.0. The third-order valence-corrected chi connectivity index (χ3v) is 8.34. The van der Waals surface area contributed by atoms with Gasteiger partial charge in [-0.25, -0.2) is 9.78 Å². The number of rotatable bonds is 8. The third-order valence-electron chi connectivity index (χ3n) is 7.75. The number of anilines is 1. The molecule has 1 atom stereocenters. The van der Waals surface area contributed by atoms with Gasteiger partial charge in [-0.05, 0) is 43.7 Å². The third kappa shape index (κ3) is 6.37. The summed E-state index contributed by atoms with van der Waals surface area (Å²) in [7, 11) is 0. The van der Waals surface area contributed by atoms with Crippen LogP contribution in [0, 0.1) is 0 Å². The van der Waals surface area contributed by atoms with Crippen molar-refractivity contribution in [3.05, 3.63) is 74.9 Å². The van der Waals surface area contributed by atoms with Crippen molar-refractivity contribution in [2.45, 2.75) is 53.1 Å². The van der Waals surface area contributed by atoms with Gasteiger partial charge in [0.25, 0.3) is 0 Å². The first-order valence-corrected chi connectivity index (χ1v) is 15.0. The predicted molar refractivity (Wildman–Crippen MR) is 172 cm³/mol. The Labute approximate surface area is 261 Å². The van der Waals surface area contributed by atoms with Crippen LogP contribution in [-0.2, 0) is 0 Å². The number of halogens is 2. The molecule has 1 unspecified atom stereocenters. The van der Waals surface area contributed by atoms with Crippen LogP contribution in [0.15, 0.2) is 53.8 Å². The Morgan fingerprint density at radius 3 is 2.63 bits per heavy atom. The number of aromatic nitrogens is 4. The van der Waals surface area contributed by atoms with Crippen molar-refractivity contribution < 1.29 is 14.6 Å². The molecule has 2 fully saturated rings. The maximum atomic E-state index is 13.2. The number of hydrogen-bond acceptors (Lipinski definition) is 7. The van der Waals surface area contributed by atoms with Gasteiger partial charge >= 0.3 is 5.97 Å². The minimum atomic E-state index is -1.30. The summed E-state index contributed by atoms with van der Waals surface area (Å²) in [6.07, 6.45) is 8.41. The van der Waals surface area contributed by atoms with Crippen LogP contribution < -0.4 is 15.1 Å². The van der Waals surface area contributed by atoms with Crippen LogP contribution in [-0.4, -0.2) is 74.1 Å². The average Bonchev–Trinajstić information content (AvgIpc) is 3.63. The van der Waals surface area contributed by atoms with Gasteiger partial charge in [0.15, 0.2) is 0 Å². The fourth-order valence-electron chi connectivity index (χ4n) is 5.52. The summed E-state index contributed by atoms with van der Waals surface area (Å²) in [4.78, 5) is 33.9. The van der Waals surface area contributed by atoms with Gasteiger partial charge < -0.3 is 19.3 Å². The van der Waals surface area contributed by atoms with Gasteiger partial charge in [-0.15, -0.1) is 0 Å². The number of benzene rings is 1. The Morgan fingerprint density at radius 2 is 1.93 bits per heavy atom. The lowest BCUT2D eigenvalue weighted by Crippen LogP contribution is -2.47. The summed E-state index contributed by atoms with van der Waals surface area (Å²) in [5.74, 6) is -0.919. The molecular formula is C31H38Cl2N6O4. The Hall–Kier alpha value is -3.60. The zero-order valence-electron chi connectivity index (χ0n) is 23.8. The highest BCUT2D eigenvalue weighted by atomic mass is 35.5. The Morgan fingerprint density at radius 1 is 1.16 bits per heavy atom. The second-order valence-corrected chi connectivity index (χ2v) is 11.0. The number of nitrogens with zero attached hydrogens (tertiary/aromatic N) is 6. The lowest BCUT2D eigenvalue weighted by molar-refractivity contribution is 0.0695. The van der Waals surface area contributed by atoms with Crippen molar-refractivity contribution in [2.24, 2.45) is 0 Å². The molecule has 2 aliphatic rings. The standard InChI is InChI=1S/C28H28Cl2N6O4.C2H6.CH4/c1-2-33-12-19(13-33)36-14-18(11-32-36)35-15-21(28(38)39)26(37)20-9-23(30)25(10-24(20)35)34-8-4-5-17(34)16-40-27-22(29)6-3-7-31-27;1-2;/h3,6-7,9-11,14-15,17,19H,2,4-5,8,12-13,16H2,1H3,(H,38,39);1-2H3;1H4. The van der Waals surface area contributed by atoms with Crippen LogP contribution in [0.2, 0.25) is 10.0 Å². The van der Waals surface area contributed by atoms with E-state index in [2.05, 4.69) is 26.8 Å². The molecule has 4 aromatic rings. The molecular weight excluding hydrogens is 591 g/mol. The number of carboxylic acid groups (broad SMARTS) is 1. The van der Waals surface area contributed by atoms with Crippen LogP contribution in [0.3, 0.4) is 0 Å². The van der Waals surface area contributed by atoms with Gasteiger partial charge in [0, 0.05) is 43.6 Å². The topological polar surface area (TPSA) is 106 Å². The van der Waals surface area contributed by atoms with Crippen molar-refractivity contribution >= 4 is 45.8 Å². The molecule has 1 aromatic carbocycles. The van der Waals surface area contributed by atoms with Crippen molar-refractivity contribution in [3.8, 4) is 11.6 Å². The lowest BCUT2D eigenvalue weighted by atomic mass is 10.1. The van der Waals surface area contributed by atoms with Crippen LogP contribution >= 0.6 is 23.2 Å². The Kier molecular flexibility index (Phi) is 10.4. The molecule has 2 saturated heterocycles. The SMILES string of the molecule is C.CC.CCN1CC(n2cc(-n3cc(C(=O)O)c(=O)c4cc(Cl)c(N5CCCC5COc5ncccc5Cl)cc43)cn2)C1. The first kappa shape index (κ1) is 32.3. The first-order chi connectivity index (χ1) is 20.3. The van der Waals surface area contributed by atoms with Gasteiger partial charge in [0.1, 0.15) is 17.2 Å². The molecule has 43 heavy (non-hydrogen) atoms. The highest BCUT2D eigenvalue weighted by Gasteiger charge is 2.30.